The molecule has 0 saturated heterocycles. The first-order valence-corrected chi connectivity index (χ1v) is 11.5. The lowest BCUT2D eigenvalue weighted by atomic mass is 10.1. The summed E-state index contributed by atoms with van der Waals surface area (Å²) in [5.41, 5.74) is 7.98. The minimum atomic E-state index is 0.978. The maximum absolute atomic E-state index is 4.72. The Morgan fingerprint density at radius 3 is 1.72 bits per heavy atom. The van der Waals surface area contributed by atoms with Gasteiger partial charge in [0.15, 0.2) is 0 Å². The van der Waals surface area contributed by atoms with Crippen molar-refractivity contribution in [2.45, 2.75) is 9.79 Å². The molecule has 152 valence electrons. The SMILES string of the molecule is c1ccc(-c2ccc(-c3ccc(N4c5ccccc5Sc5ccccc54)cc3)nc2)cc1. The fourth-order valence-corrected chi connectivity index (χ4v) is 5.19. The molecule has 32 heavy (non-hydrogen) atoms. The number of rotatable bonds is 3. The molecule has 0 spiro atoms. The molecule has 1 aliphatic rings. The van der Waals surface area contributed by atoms with Crippen LogP contribution in [0.1, 0.15) is 0 Å². The number of nitrogens with zero attached hydrogens (tertiary/aromatic N) is 2. The van der Waals surface area contributed by atoms with Gasteiger partial charge in [-0.2, -0.15) is 0 Å². The first-order valence-electron chi connectivity index (χ1n) is 10.6. The standard InChI is InChI=1S/C29H20N2S/c1-2-8-21(9-3-1)23-16-19-25(30-20-23)22-14-17-24(18-15-22)31-26-10-4-6-12-28(26)32-29-13-7-5-11-27(29)31/h1-20H. The second kappa shape index (κ2) is 8.03. The summed E-state index contributed by atoms with van der Waals surface area (Å²) in [5, 5.41) is 0. The van der Waals surface area contributed by atoms with Gasteiger partial charge in [0.25, 0.3) is 0 Å². The maximum atomic E-state index is 4.72. The van der Waals surface area contributed by atoms with Gasteiger partial charge in [0, 0.05) is 32.8 Å². The lowest BCUT2D eigenvalue weighted by Crippen LogP contribution is -2.14. The van der Waals surface area contributed by atoms with E-state index in [1.807, 2.05) is 24.0 Å². The number of fused-ring (bicyclic) bond motifs is 2. The Morgan fingerprint density at radius 1 is 0.500 bits per heavy atom. The highest BCUT2D eigenvalue weighted by Crippen LogP contribution is 2.51. The van der Waals surface area contributed by atoms with Gasteiger partial charge >= 0.3 is 0 Å². The van der Waals surface area contributed by atoms with E-state index >= 15 is 0 Å². The third-order valence-electron chi connectivity index (χ3n) is 5.72. The van der Waals surface area contributed by atoms with Gasteiger partial charge in [0.05, 0.1) is 17.1 Å². The van der Waals surface area contributed by atoms with Crippen molar-refractivity contribution >= 4 is 28.8 Å². The molecule has 4 aromatic carbocycles. The lowest BCUT2D eigenvalue weighted by molar-refractivity contribution is 1.17. The van der Waals surface area contributed by atoms with Gasteiger partial charge in [0.1, 0.15) is 0 Å². The Bertz CT molecular complexity index is 1330. The number of hydrogen-bond donors (Lipinski definition) is 0. The Balaban J connectivity index is 1.35. The highest BCUT2D eigenvalue weighted by atomic mass is 32.2. The van der Waals surface area contributed by atoms with Crippen molar-refractivity contribution in [3.05, 3.63) is 121 Å². The molecule has 0 amide bonds. The van der Waals surface area contributed by atoms with Crippen LogP contribution in [0, 0.1) is 0 Å². The van der Waals surface area contributed by atoms with E-state index in [4.69, 9.17) is 4.98 Å². The molecule has 0 bridgehead atoms. The highest BCUT2D eigenvalue weighted by molar-refractivity contribution is 7.99. The van der Waals surface area contributed by atoms with Crippen LogP contribution in [0.2, 0.25) is 0 Å². The van der Waals surface area contributed by atoms with Crippen molar-refractivity contribution in [2.75, 3.05) is 4.90 Å². The van der Waals surface area contributed by atoms with Crippen LogP contribution in [0.5, 0.6) is 0 Å². The molecule has 1 aromatic heterocycles. The van der Waals surface area contributed by atoms with Gasteiger partial charge in [0.2, 0.25) is 0 Å². The second-order valence-corrected chi connectivity index (χ2v) is 8.80. The lowest BCUT2D eigenvalue weighted by Gasteiger charge is -2.32. The van der Waals surface area contributed by atoms with Crippen molar-refractivity contribution in [2.24, 2.45) is 0 Å². The topological polar surface area (TPSA) is 16.1 Å². The number of pyridine rings is 1. The molecular weight excluding hydrogens is 408 g/mol. The average Bonchev–Trinajstić information content (AvgIpc) is 2.88. The van der Waals surface area contributed by atoms with Crippen LogP contribution in [0.4, 0.5) is 17.1 Å². The first-order chi connectivity index (χ1) is 15.9. The molecule has 5 aromatic rings. The Kier molecular flexibility index (Phi) is 4.74. The Morgan fingerprint density at radius 2 is 1.09 bits per heavy atom. The molecule has 1 aliphatic heterocycles. The molecule has 0 saturated carbocycles. The smallest absolute Gasteiger partial charge is 0.0702 e. The number of para-hydroxylation sites is 2. The van der Waals surface area contributed by atoms with Crippen molar-refractivity contribution in [1.29, 1.82) is 0 Å². The normalized spacial score (nSPS) is 12.2. The van der Waals surface area contributed by atoms with Crippen LogP contribution >= 0.6 is 11.8 Å². The largest absolute Gasteiger partial charge is 0.308 e. The minimum Gasteiger partial charge on any atom is -0.308 e. The molecule has 3 heteroatoms. The molecule has 0 unspecified atom stereocenters. The average molecular weight is 429 g/mol. The molecule has 2 heterocycles. The Hall–Kier alpha value is -3.82. The van der Waals surface area contributed by atoms with Crippen molar-refractivity contribution < 1.29 is 0 Å². The third kappa shape index (κ3) is 3.37. The van der Waals surface area contributed by atoms with E-state index < -0.39 is 0 Å². The van der Waals surface area contributed by atoms with Gasteiger partial charge in [-0.05, 0) is 48.0 Å². The fourth-order valence-electron chi connectivity index (χ4n) is 4.13. The predicted octanol–water partition coefficient (Wildman–Crippen LogP) is 8.35. The summed E-state index contributed by atoms with van der Waals surface area (Å²) in [7, 11) is 0. The fraction of sp³-hybridized carbons (Fsp3) is 0. The van der Waals surface area contributed by atoms with Crippen LogP contribution in [0.25, 0.3) is 22.4 Å². The van der Waals surface area contributed by atoms with E-state index in [0.29, 0.717) is 0 Å². The summed E-state index contributed by atoms with van der Waals surface area (Å²) in [6, 6.07) is 40.5. The summed E-state index contributed by atoms with van der Waals surface area (Å²) >= 11 is 1.83. The van der Waals surface area contributed by atoms with Crippen molar-refractivity contribution in [3.8, 4) is 22.4 Å². The zero-order chi connectivity index (χ0) is 21.3. The van der Waals surface area contributed by atoms with E-state index in [1.165, 1.54) is 26.7 Å². The van der Waals surface area contributed by atoms with Crippen molar-refractivity contribution in [3.63, 3.8) is 0 Å². The van der Waals surface area contributed by atoms with Crippen LogP contribution in [0.15, 0.2) is 131 Å². The van der Waals surface area contributed by atoms with Crippen LogP contribution in [-0.4, -0.2) is 4.98 Å². The first kappa shape index (κ1) is 18.9. The van der Waals surface area contributed by atoms with Gasteiger partial charge in [-0.1, -0.05) is 84.6 Å². The molecule has 0 atom stereocenters. The molecular formula is C29H20N2S. The number of anilines is 3. The molecule has 0 aliphatic carbocycles. The van der Waals surface area contributed by atoms with Gasteiger partial charge in [-0.3, -0.25) is 4.98 Å². The zero-order valence-electron chi connectivity index (χ0n) is 17.3. The summed E-state index contributed by atoms with van der Waals surface area (Å²) in [4.78, 5) is 9.61. The number of aromatic nitrogens is 1. The minimum absolute atomic E-state index is 0.978. The highest BCUT2D eigenvalue weighted by Gasteiger charge is 2.24. The number of benzene rings is 4. The zero-order valence-corrected chi connectivity index (χ0v) is 18.2. The summed E-state index contributed by atoms with van der Waals surface area (Å²) in [5.74, 6) is 0. The van der Waals surface area contributed by atoms with E-state index in [-0.39, 0.29) is 0 Å². The third-order valence-corrected chi connectivity index (χ3v) is 6.85. The Labute approximate surface area is 192 Å². The predicted molar refractivity (Wildman–Crippen MR) is 134 cm³/mol. The van der Waals surface area contributed by atoms with Gasteiger partial charge in [-0.25, -0.2) is 0 Å². The summed E-state index contributed by atoms with van der Waals surface area (Å²) in [6.45, 7) is 0. The molecule has 2 nitrogen and oxygen atoms in total. The van der Waals surface area contributed by atoms with Gasteiger partial charge < -0.3 is 4.90 Å². The van der Waals surface area contributed by atoms with Crippen LogP contribution < -0.4 is 4.90 Å². The van der Waals surface area contributed by atoms with E-state index in [9.17, 15) is 0 Å². The molecule has 0 fully saturated rings. The van der Waals surface area contributed by atoms with E-state index in [2.05, 4.69) is 114 Å². The molecule has 0 radical (unpaired) electrons. The van der Waals surface area contributed by atoms with Crippen LogP contribution in [-0.2, 0) is 0 Å². The molecule has 6 rings (SSSR count). The van der Waals surface area contributed by atoms with Crippen LogP contribution in [0.3, 0.4) is 0 Å². The quantitative estimate of drug-likeness (QED) is 0.282. The van der Waals surface area contributed by atoms with E-state index in [1.54, 1.807) is 0 Å². The van der Waals surface area contributed by atoms with E-state index in [0.717, 1.165) is 22.5 Å². The maximum Gasteiger partial charge on any atom is 0.0702 e. The van der Waals surface area contributed by atoms with Crippen molar-refractivity contribution in [1.82, 2.24) is 4.98 Å². The summed E-state index contributed by atoms with van der Waals surface area (Å²) in [6.07, 6.45) is 1.95. The van der Waals surface area contributed by atoms with Gasteiger partial charge in [-0.15, -0.1) is 0 Å². The molecule has 0 N–H and O–H groups in total. The monoisotopic (exact) mass is 428 g/mol. The summed E-state index contributed by atoms with van der Waals surface area (Å²) < 4.78 is 0. The number of hydrogen-bond acceptors (Lipinski definition) is 3. The second-order valence-electron chi connectivity index (χ2n) is 7.72.